The SMILES string of the molecule is O=C(C1CCC1)N1C[C@@H]2CN(Cc3ccc(Cl)s3)C[C@@H]2[C@H]1c1ccccc1. The minimum absolute atomic E-state index is 0.237. The number of benzene rings is 1. The van der Waals surface area contributed by atoms with Gasteiger partial charge in [0.05, 0.1) is 10.4 Å². The molecule has 5 heteroatoms. The maximum Gasteiger partial charge on any atom is 0.226 e. The van der Waals surface area contributed by atoms with Crippen LogP contribution in [-0.2, 0) is 11.3 Å². The topological polar surface area (TPSA) is 23.6 Å². The first kappa shape index (κ1) is 17.7. The highest BCUT2D eigenvalue weighted by Gasteiger charge is 2.50. The number of hydrogen-bond acceptors (Lipinski definition) is 3. The first-order valence-corrected chi connectivity index (χ1v) is 11.2. The third kappa shape index (κ3) is 3.32. The maximum atomic E-state index is 13.1. The molecule has 0 radical (unpaired) electrons. The van der Waals surface area contributed by atoms with E-state index < -0.39 is 0 Å². The van der Waals surface area contributed by atoms with Gasteiger partial charge in [-0.3, -0.25) is 9.69 Å². The Balaban J connectivity index is 1.37. The molecule has 1 aromatic carbocycles. The molecule has 1 saturated carbocycles. The molecule has 2 aromatic rings. The van der Waals surface area contributed by atoms with Crippen molar-refractivity contribution in [2.24, 2.45) is 17.8 Å². The molecule has 0 bridgehead atoms. The Morgan fingerprint density at radius 2 is 1.89 bits per heavy atom. The summed E-state index contributed by atoms with van der Waals surface area (Å²) < 4.78 is 0.865. The van der Waals surface area contributed by atoms with Gasteiger partial charge in [0.2, 0.25) is 5.91 Å². The number of hydrogen-bond donors (Lipinski definition) is 0. The molecule has 1 aromatic heterocycles. The number of likely N-dealkylation sites (tertiary alicyclic amines) is 2. The maximum absolute atomic E-state index is 13.1. The molecule has 142 valence electrons. The Labute approximate surface area is 169 Å². The molecule has 0 unspecified atom stereocenters. The fraction of sp³-hybridized carbons (Fsp3) is 0.500. The Bertz CT molecular complexity index is 819. The predicted molar refractivity (Wildman–Crippen MR) is 110 cm³/mol. The Morgan fingerprint density at radius 1 is 1.07 bits per heavy atom. The van der Waals surface area contributed by atoms with Crippen LogP contribution in [0.4, 0.5) is 0 Å². The van der Waals surface area contributed by atoms with Gasteiger partial charge >= 0.3 is 0 Å². The minimum atomic E-state index is 0.237. The van der Waals surface area contributed by atoms with Crippen molar-refractivity contribution in [3.63, 3.8) is 0 Å². The van der Waals surface area contributed by atoms with Crippen LogP contribution in [0.2, 0.25) is 4.34 Å². The van der Waals surface area contributed by atoms with Gasteiger partial charge in [-0.2, -0.15) is 0 Å². The molecule has 1 amide bonds. The van der Waals surface area contributed by atoms with Crippen LogP contribution in [0.5, 0.6) is 0 Å². The van der Waals surface area contributed by atoms with Crippen LogP contribution >= 0.6 is 22.9 Å². The Hall–Kier alpha value is -1.36. The Kier molecular flexibility index (Phi) is 4.75. The number of carbonyl (C=O) groups excluding carboxylic acids is 1. The van der Waals surface area contributed by atoms with Crippen molar-refractivity contribution in [1.29, 1.82) is 0 Å². The minimum Gasteiger partial charge on any atom is -0.335 e. The molecule has 2 saturated heterocycles. The van der Waals surface area contributed by atoms with E-state index in [0.717, 1.165) is 43.4 Å². The first-order valence-electron chi connectivity index (χ1n) is 10.0. The van der Waals surface area contributed by atoms with E-state index in [1.807, 2.05) is 6.07 Å². The quantitative estimate of drug-likeness (QED) is 0.733. The second-order valence-corrected chi connectivity index (χ2v) is 10.1. The number of fused-ring (bicyclic) bond motifs is 1. The van der Waals surface area contributed by atoms with Gasteiger partial charge in [-0.05, 0) is 36.5 Å². The van der Waals surface area contributed by atoms with E-state index in [1.165, 1.54) is 16.9 Å². The molecule has 5 rings (SSSR count). The molecule has 2 aliphatic heterocycles. The highest BCUT2D eigenvalue weighted by molar-refractivity contribution is 7.16. The van der Waals surface area contributed by atoms with Crippen LogP contribution in [0.1, 0.15) is 35.7 Å². The summed E-state index contributed by atoms with van der Waals surface area (Å²) in [6, 6.07) is 15.1. The van der Waals surface area contributed by atoms with Gasteiger partial charge in [0.15, 0.2) is 0 Å². The van der Waals surface area contributed by atoms with Crippen LogP contribution in [0.25, 0.3) is 0 Å². The number of thiophene rings is 1. The fourth-order valence-electron chi connectivity index (χ4n) is 5.12. The highest BCUT2D eigenvalue weighted by Crippen LogP contribution is 2.47. The van der Waals surface area contributed by atoms with Gasteiger partial charge < -0.3 is 4.90 Å². The average Bonchev–Trinajstić information content (AvgIpc) is 3.28. The van der Waals surface area contributed by atoms with Crippen molar-refractivity contribution in [2.75, 3.05) is 19.6 Å². The molecule has 1 aliphatic carbocycles. The van der Waals surface area contributed by atoms with E-state index >= 15 is 0 Å². The average molecular weight is 401 g/mol. The molecule has 0 N–H and O–H groups in total. The molecular weight excluding hydrogens is 376 g/mol. The van der Waals surface area contributed by atoms with Gasteiger partial charge in [-0.25, -0.2) is 0 Å². The third-order valence-electron chi connectivity index (χ3n) is 6.63. The standard InChI is InChI=1S/C22H25ClN2OS/c23-20-10-9-18(27-20)13-24-11-17-12-25(22(26)16-7-4-8-16)21(19(17)14-24)15-5-2-1-3-6-15/h1-3,5-6,9-10,16-17,19,21H,4,7-8,11-14H2/t17-,19-,21+/m0/s1. The van der Waals surface area contributed by atoms with Crippen molar-refractivity contribution in [3.8, 4) is 0 Å². The van der Waals surface area contributed by atoms with E-state index in [1.54, 1.807) is 11.3 Å². The lowest BCUT2D eigenvalue weighted by atomic mass is 9.83. The van der Waals surface area contributed by atoms with E-state index in [9.17, 15) is 4.79 Å². The summed E-state index contributed by atoms with van der Waals surface area (Å²) in [7, 11) is 0. The van der Waals surface area contributed by atoms with Gasteiger partial charge in [-0.1, -0.05) is 48.4 Å². The number of amides is 1. The van der Waals surface area contributed by atoms with Gasteiger partial charge in [0.1, 0.15) is 0 Å². The fourth-order valence-corrected chi connectivity index (χ4v) is 6.25. The highest BCUT2D eigenvalue weighted by atomic mass is 35.5. The number of carbonyl (C=O) groups is 1. The second kappa shape index (κ2) is 7.23. The zero-order valence-corrected chi connectivity index (χ0v) is 17.0. The lowest BCUT2D eigenvalue weighted by Crippen LogP contribution is -2.41. The van der Waals surface area contributed by atoms with Crippen molar-refractivity contribution >= 4 is 28.8 Å². The third-order valence-corrected chi connectivity index (χ3v) is 7.84. The van der Waals surface area contributed by atoms with E-state index in [2.05, 4.69) is 46.2 Å². The van der Waals surface area contributed by atoms with Gasteiger partial charge in [-0.15, -0.1) is 11.3 Å². The summed E-state index contributed by atoms with van der Waals surface area (Å²) in [4.78, 5) is 19.2. The summed E-state index contributed by atoms with van der Waals surface area (Å²) in [5, 5.41) is 0. The van der Waals surface area contributed by atoms with Gasteiger partial charge in [0, 0.05) is 42.9 Å². The molecular formula is C22H25ClN2OS. The summed E-state index contributed by atoms with van der Waals surface area (Å²) in [6.07, 6.45) is 3.37. The van der Waals surface area contributed by atoms with Crippen molar-refractivity contribution in [1.82, 2.24) is 9.80 Å². The van der Waals surface area contributed by atoms with Crippen LogP contribution in [0.3, 0.4) is 0 Å². The summed E-state index contributed by atoms with van der Waals surface area (Å²) in [5.74, 6) is 1.79. The van der Waals surface area contributed by atoms with Crippen molar-refractivity contribution < 1.29 is 4.79 Å². The first-order chi connectivity index (χ1) is 13.2. The molecule has 3 aliphatic rings. The van der Waals surface area contributed by atoms with Crippen LogP contribution in [-0.4, -0.2) is 35.3 Å². The smallest absolute Gasteiger partial charge is 0.226 e. The van der Waals surface area contributed by atoms with Crippen LogP contribution in [0, 0.1) is 17.8 Å². The zero-order valence-electron chi connectivity index (χ0n) is 15.4. The summed E-state index contributed by atoms with van der Waals surface area (Å²) >= 11 is 7.78. The predicted octanol–water partition coefficient (Wildman–Crippen LogP) is 4.83. The van der Waals surface area contributed by atoms with Crippen LogP contribution < -0.4 is 0 Å². The van der Waals surface area contributed by atoms with Crippen molar-refractivity contribution in [3.05, 3.63) is 57.2 Å². The molecule has 0 spiro atoms. The molecule has 3 atom stereocenters. The van der Waals surface area contributed by atoms with Crippen molar-refractivity contribution in [2.45, 2.75) is 31.8 Å². The number of nitrogens with zero attached hydrogens (tertiary/aromatic N) is 2. The normalized spacial score (nSPS) is 28.3. The second-order valence-electron chi connectivity index (χ2n) is 8.30. The summed E-state index contributed by atoms with van der Waals surface area (Å²) in [5.41, 5.74) is 1.30. The lowest BCUT2D eigenvalue weighted by Gasteiger charge is -2.35. The zero-order chi connectivity index (χ0) is 18.4. The van der Waals surface area contributed by atoms with E-state index in [-0.39, 0.29) is 12.0 Å². The lowest BCUT2D eigenvalue weighted by molar-refractivity contribution is -0.139. The summed E-state index contributed by atoms with van der Waals surface area (Å²) in [6.45, 7) is 4.04. The molecule has 3 heterocycles. The van der Waals surface area contributed by atoms with Crippen LogP contribution in [0.15, 0.2) is 42.5 Å². The monoisotopic (exact) mass is 400 g/mol. The largest absolute Gasteiger partial charge is 0.335 e. The Morgan fingerprint density at radius 3 is 2.56 bits per heavy atom. The van der Waals surface area contributed by atoms with E-state index in [4.69, 9.17) is 11.6 Å². The molecule has 3 nitrogen and oxygen atoms in total. The number of halogens is 1. The molecule has 3 fully saturated rings. The molecule has 27 heavy (non-hydrogen) atoms. The van der Waals surface area contributed by atoms with Gasteiger partial charge in [0.25, 0.3) is 0 Å². The van der Waals surface area contributed by atoms with E-state index in [0.29, 0.717) is 17.7 Å². The number of rotatable bonds is 4.